The standard InChI is InChI=1S/C35H33F5N6O4S/c1-2-23-25(37)7-4-18-10-22(47)11-24(27(18)23)30-28(38)29-31(51(48,49)46(30)26-13-35(26,39)40)32(44-15-20-5-6-21(16-44)41-20)43-33(42-29)50-17-34-8-3-9-45(34)14-19(36)12-34/h1,4,7,10-11,19-21,26,41,47H,3,5-6,8-9,12-17H2/t19-,20?,21?,26?,34+/m1/s1. The number of terminal acetylenes is 1. The number of phenolic OH excluding ortho intramolecular Hbond substituents is 1. The molecule has 1 aromatic heterocycles. The van der Waals surface area contributed by atoms with Gasteiger partial charge in [0.25, 0.3) is 15.9 Å². The Balaban J connectivity index is 1.28. The highest BCUT2D eigenvalue weighted by atomic mass is 32.2. The van der Waals surface area contributed by atoms with Gasteiger partial charge in [-0.15, -0.1) is 6.42 Å². The SMILES string of the molecule is C#Cc1c(F)ccc2cc(O)cc(C3=C(F)c4nc(OC[C@@]56CCCN5C[C@H](F)C6)nc(N5CC6CCC(C5)N6)c4S(=O)(=O)N3C3CC3(F)F)c12. The fourth-order valence-electron chi connectivity index (χ4n) is 8.90. The van der Waals surface area contributed by atoms with E-state index in [1.165, 1.54) is 12.1 Å². The van der Waals surface area contributed by atoms with Gasteiger partial charge < -0.3 is 20.1 Å². The van der Waals surface area contributed by atoms with Crippen LogP contribution >= 0.6 is 0 Å². The summed E-state index contributed by atoms with van der Waals surface area (Å²) >= 11 is 0. The first kappa shape index (κ1) is 32.7. The number of anilines is 1. The van der Waals surface area contributed by atoms with E-state index >= 15 is 17.6 Å². The molecule has 5 atom stereocenters. The van der Waals surface area contributed by atoms with E-state index in [0.717, 1.165) is 31.4 Å². The van der Waals surface area contributed by atoms with E-state index in [2.05, 4.69) is 21.2 Å². The molecule has 6 aliphatic rings. The van der Waals surface area contributed by atoms with E-state index < -0.39 is 79.4 Å². The Labute approximate surface area is 290 Å². The molecule has 3 aromatic rings. The third kappa shape index (κ3) is 4.98. The summed E-state index contributed by atoms with van der Waals surface area (Å²) in [4.78, 5) is 11.8. The zero-order chi connectivity index (χ0) is 35.6. The van der Waals surface area contributed by atoms with Gasteiger partial charge in [-0.2, -0.15) is 9.97 Å². The fraction of sp³-hybridized carbons (Fsp3) is 0.486. The number of fused-ring (bicyclic) bond motifs is 5. The molecule has 2 N–H and O–H groups in total. The molecule has 10 nitrogen and oxygen atoms in total. The fourth-order valence-corrected chi connectivity index (χ4v) is 10.9. The van der Waals surface area contributed by atoms with Gasteiger partial charge in [0.1, 0.15) is 36.1 Å². The maximum Gasteiger partial charge on any atom is 0.319 e. The average Bonchev–Trinajstić information content (AvgIpc) is 3.33. The Hall–Kier alpha value is -4.20. The van der Waals surface area contributed by atoms with Crippen molar-refractivity contribution >= 4 is 38.1 Å². The highest BCUT2D eigenvalue weighted by Crippen LogP contribution is 2.56. The number of piperazine rings is 1. The number of aromatic hydroxyl groups is 1. The van der Waals surface area contributed by atoms with Crippen LogP contribution in [-0.2, 0) is 10.0 Å². The number of hydrogen-bond donors (Lipinski definition) is 2. The van der Waals surface area contributed by atoms with Crippen LogP contribution in [0.5, 0.6) is 11.8 Å². The second kappa shape index (κ2) is 11.1. The number of ether oxygens (including phenoxy) is 1. The normalized spacial score (nSPS) is 30.4. The number of sulfonamides is 1. The summed E-state index contributed by atoms with van der Waals surface area (Å²) in [6.07, 6.45) is 7.02. The van der Waals surface area contributed by atoms with E-state index in [0.29, 0.717) is 30.4 Å². The molecule has 51 heavy (non-hydrogen) atoms. The molecule has 5 aliphatic heterocycles. The molecule has 9 rings (SSSR count). The lowest BCUT2D eigenvalue weighted by Gasteiger charge is -2.38. The number of hydrogen-bond acceptors (Lipinski definition) is 9. The maximum atomic E-state index is 17.5. The van der Waals surface area contributed by atoms with Gasteiger partial charge in [0, 0.05) is 55.5 Å². The Bertz CT molecular complexity index is 2180. The number of phenols is 1. The van der Waals surface area contributed by atoms with Gasteiger partial charge in [0.05, 0.1) is 16.8 Å². The van der Waals surface area contributed by atoms with Crippen LogP contribution in [0.2, 0.25) is 0 Å². The summed E-state index contributed by atoms with van der Waals surface area (Å²) < 4.78 is 113. The monoisotopic (exact) mass is 728 g/mol. The van der Waals surface area contributed by atoms with Crippen LogP contribution in [0.15, 0.2) is 29.2 Å². The first-order chi connectivity index (χ1) is 24.3. The minimum atomic E-state index is -5.07. The predicted octanol–water partition coefficient (Wildman–Crippen LogP) is 4.56. The van der Waals surface area contributed by atoms with Crippen molar-refractivity contribution in [2.75, 3.05) is 37.7 Å². The number of nitrogens with zero attached hydrogens (tertiary/aromatic N) is 5. The van der Waals surface area contributed by atoms with Crippen LogP contribution in [0, 0.1) is 18.2 Å². The van der Waals surface area contributed by atoms with E-state index in [4.69, 9.17) is 11.2 Å². The minimum Gasteiger partial charge on any atom is -0.508 e. The van der Waals surface area contributed by atoms with Gasteiger partial charge in [0.2, 0.25) is 0 Å². The molecule has 1 aliphatic carbocycles. The lowest BCUT2D eigenvalue weighted by atomic mass is 9.95. The second-order valence-electron chi connectivity index (χ2n) is 14.5. The quantitative estimate of drug-likeness (QED) is 0.279. The summed E-state index contributed by atoms with van der Waals surface area (Å²) in [6.45, 7) is 1.50. The number of rotatable bonds is 6. The second-order valence-corrected chi connectivity index (χ2v) is 16.3. The number of nitrogens with one attached hydrogen (secondary N) is 1. The van der Waals surface area contributed by atoms with E-state index in [1.54, 1.807) is 4.90 Å². The van der Waals surface area contributed by atoms with Crippen LogP contribution in [0.1, 0.15) is 55.3 Å². The van der Waals surface area contributed by atoms with Crippen molar-refractivity contribution in [3.05, 3.63) is 46.9 Å². The average molecular weight is 729 g/mol. The van der Waals surface area contributed by atoms with Crippen LogP contribution in [0.3, 0.4) is 0 Å². The molecule has 16 heteroatoms. The molecule has 2 bridgehead atoms. The molecule has 1 saturated carbocycles. The molecule has 5 fully saturated rings. The molecule has 6 heterocycles. The molecular weight excluding hydrogens is 695 g/mol. The van der Waals surface area contributed by atoms with E-state index in [9.17, 15) is 17.9 Å². The summed E-state index contributed by atoms with van der Waals surface area (Å²) in [5, 5.41) is 14.1. The van der Waals surface area contributed by atoms with Crippen LogP contribution in [-0.4, -0.2) is 101 Å². The zero-order valence-corrected chi connectivity index (χ0v) is 28.0. The minimum absolute atomic E-state index is 0.0218. The molecule has 0 spiro atoms. The van der Waals surface area contributed by atoms with Crippen molar-refractivity contribution in [3.63, 3.8) is 0 Å². The van der Waals surface area contributed by atoms with Gasteiger partial charge in [-0.1, -0.05) is 12.0 Å². The van der Waals surface area contributed by atoms with Crippen LogP contribution in [0.25, 0.3) is 22.3 Å². The lowest BCUT2D eigenvalue weighted by Crippen LogP contribution is -2.52. The van der Waals surface area contributed by atoms with Crippen LogP contribution in [0.4, 0.5) is 27.8 Å². The largest absolute Gasteiger partial charge is 0.508 e. The van der Waals surface area contributed by atoms with Crippen molar-refractivity contribution in [2.24, 2.45) is 0 Å². The molecule has 3 unspecified atom stereocenters. The number of benzene rings is 2. The summed E-state index contributed by atoms with van der Waals surface area (Å²) in [6, 6.07) is 2.09. The van der Waals surface area contributed by atoms with Crippen molar-refractivity contribution in [1.29, 1.82) is 0 Å². The number of aromatic nitrogens is 2. The lowest BCUT2D eigenvalue weighted by molar-refractivity contribution is 0.0989. The van der Waals surface area contributed by atoms with Gasteiger partial charge in [0.15, 0.2) is 16.5 Å². The van der Waals surface area contributed by atoms with Crippen molar-refractivity contribution < 1.29 is 40.2 Å². The Kier molecular flexibility index (Phi) is 7.15. The van der Waals surface area contributed by atoms with Gasteiger partial charge >= 0.3 is 6.01 Å². The Morgan fingerprint density at radius 1 is 1.10 bits per heavy atom. The zero-order valence-electron chi connectivity index (χ0n) is 27.2. The van der Waals surface area contributed by atoms with E-state index in [-0.39, 0.29) is 59.8 Å². The smallest absolute Gasteiger partial charge is 0.319 e. The van der Waals surface area contributed by atoms with Gasteiger partial charge in [-0.05, 0) is 55.8 Å². The van der Waals surface area contributed by atoms with Crippen molar-refractivity contribution in [2.45, 2.75) is 79.2 Å². The van der Waals surface area contributed by atoms with Crippen molar-refractivity contribution in [3.8, 4) is 24.1 Å². The van der Waals surface area contributed by atoms with Gasteiger partial charge in [-0.25, -0.2) is 30.4 Å². The first-order valence-electron chi connectivity index (χ1n) is 17.0. The first-order valence-corrected chi connectivity index (χ1v) is 18.4. The molecular formula is C35H33F5N6O4S. The summed E-state index contributed by atoms with van der Waals surface area (Å²) in [7, 11) is -5.07. The topological polar surface area (TPSA) is 111 Å². The third-order valence-electron chi connectivity index (χ3n) is 11.3. The van der Waals surface area contributed by atoms with Crippen molar-refractivity contribution in [1.82, 2.24) is 24.5 Å². The number of alkyl halides is 3. The van der Waals surface area contributed by atoms with Crippen LogP contribution < -0.4 is 15.0 Å². The summed E-state index contributed by atoms with van der Waals surface area (Å²) in [5.41, 5.74) is -3.00. The van der Waals surface area contributed by atoms with E-state index in [1.807, 2.05) is 4.90 Å². The molecule has 4 saturated heterocycles. The maximum absolute atomic E-state index is 17.5. The third-order valence-corrected chi connectivity index (χ3v) is 13.1. The Morgan fingerprint density at radius 2 is 1.84 bits per heavy atom. The highest BCUT2D eigenvalue weighted by Gasteiger charge is 2.65. The Morgan fingerprint density at radius 3 is 2.55 bits per heavy atom. The van der Waals surface area contributed by atoms with Gasteiger partial charge in [-0.3, -0.25) is 9.21 Å². The molecule has 2 aromatic carbocycles. The predicted molar refractivity (Wildman–Crippen MR) is 177 cm³/mol. The highest BCUT2D eigenvalue weighted by molar-refractivity contribution is 7.89. The molecule has 0 radical (unpaired) electrons. The molecule has 0 amide bonds. The number of halogens is 5. The summed E-state index contributed by atoms with van der Waals surface area (Å²) in [5.74, 6) is -4.20. The molecule has 268 valence electrons.